The van der Waals surface area contributed by atoms with E-state index in [0.717, 1.165) is 28.9 Å². The van der Waals surface area contributed by atoms with E-state index in [1.54, 1.807) is 6.20 Å². The van der Waals surface area contributed by atoms with Crippen LogP contribution in [-0.2, 0) is 17.8 Å². The van der Waals surface area contributed by atoms with Crippen molar-refractivity contribution in [3.05, 3.63) is 78.1 Å². The van der Waals surface area contributed by atoms with Crippen LogP contribution in [0.4, 0.5) is 10.5 Å². The number of rotatable bonds is 8. The van der Waals surface area contributed by atoms with Crippen LogP contribution < -0.4 is 10.6 Å². The van der Waals surface area contributed by atoms with Crippen molar-refractivity contribution < 1.29 is 9.53 Å². The molecule has 2 amide bonds. The lowest BCUT2D eigenvalue weighted by atomic mass is 10.1. The largest absolute Gasteiger partial charge is 0.374 e. The van der Waals surface area contributed by atoms with Crippen LogP contribution in [0.15, 0.2) is 67.0 Å². The Balaban J connectivity index is 1.44. The number of nitrogens with one attached hydrogen (secondary N) is 2. The zero-order valence-corrected chi connectivity index (χ0v) is 16.3. The summed E-state index contributed by atoms with van der Waals surface area (Å²) in [6.07, 6.45) is 4.59. The molecular weight excluding hydrogens is 352 g/mol. The predicted octanol–water partition coefficient (Wildman–Crippen LogP) is 4.16. The number of carbonyl (C=O) groups is 1. The van der Waals surface area contributed by atoms with Crippen molar-refractivity contribution in [2.75, 3.05) is 11.9 Å². The molecule has 6 nitrogen and oxygen atoms in total. The van der Waals surface area contributed by atoms with Gasteiger partial charge in [-0.1, -0.05) is 24.3 Å². The highest BCUT2D eigenvalue weighted by atomic mass is 16.5. The van der Waals surface area contributed by atoms with E-state index in [9.17, 15) is 4.79 Å². The summed E-state index contributed by atoms with van der Waals surface area (Å²) in [7, 11) is 0. The first kappa shape index (κ1) is 19.6. The zero-order valence-electron chi connectivity index (χ0n) is 16.3. The second-order valence-electron chi connectivity index (χ2n) is 6.81. The van der Waals surface area contributed by atoms with Gasteiger partial charge < -0.3 is 15.4 Å². The van der Waals surface area contributed by atoms with Gasteiger partial charge in [-0.05, 0) is 61.7 Å². The maximum Gasteiger partial charge on any atom is 0.319 e. The Kier molecular flexibility index (Phi) is 6.81. The van der Waals surface area contributed by atoms with Crippen molar-refractivity contribution >= 4 is 11.7 Å². The molecule has 0 unspecified atom stereocenters. The standard InChI is InChI=1S/C22H26N4O2/c1-17(2)28-16-19-5-3-6-20(15-19)25-22(27)23-13-11-18-7-9-21(10-8-18)26-14-4-12-24-26/h3-10,12,14-15,17H,11,13,16H2,1-2H3,(H2,23,25,27). The van der Waals surface area contributed by atoms with Crippen LogP contribution in [0, 0.1) is 0 Å². The molecule has 0 fully saturated rings. The molecule has 28 heavy (non-hydrogen) atoms. The normalized spacial score (nSPS) is 10.8. The number of nitrogens with zero attached hydrogens (tertiary/aromatic N) is 2. The number of benzene rings is 2. The minimum absolute atomic E-state index is 0.175. The van der Waals surface area contributed by atoms with Gasteiger partial charge in [0.1, 0.15) is 0 Å². The molecule has 1 aromatic heterocycles. The van der Waals surface area contributed by atoms with Gasteiger partial charge in [-0.25, -0.2) is 9.48 Å². The fourth-order valence-electron chi connectivity index (χ4n) is 2.73. The molecule has 0 atom stereocenters. The molecule has 2 aromatic carbocycles. The lowest BCUT2D eigenvalue weighted by Gasteiger charge is -2.11. The zero-order chi connectivity index (χ0) is 19.8. The van der Waals surface area contributed by atoms with Crippen LogP contribution in [0.2, 0.25) is 0 Å². The Bertz CT molecular complexity index is 874. The highest BCUT2D eigenvalue weighted by Gasteiger charge is 2.04. The first-order valence-electron chi connectivity index (χ1n) is 9.44. The van der Waals surface area contributed by atoms with Gasteiger partial charge in [0.25, 0.3) is 0 Å². The number of amides is 2. The van der Waals surface area contributed by atoms with E-state index in [-0.39, 0.29) is 12.1 Å². The lowest BCUT2D eigenvalue weighted by molar-refractivity contribution is 0.0657. The van der Waals surface area contributed by atoms with Gasteiger partial charge in [0.15, 0.2) is 0 Å². The molecule has 0 aliphatic carbocycles. The minimum atomic E-state index is -0.213. The van der Waals surface area contributed by atoms with E-state index in [1.807, 2.05) is 67.2 Å². The lowest BCUT2D eigenvalue weighted by Crippen LogP contribution is -2.30. The van der Waals surface area contributed by atoms with E-state index in [2.05, 4.69) is 27.9 Å². The number of urea groups is 1. The molecule has 0 saturated carbocycles. The SMILES string of the molecule is CC(C)OCc1cccc(NC(=O)NCCc2ccc(-n3cccn3)cc2)c1. The highest BCUT2D eigenvalue weighted by molar-refractivity contribution is 5.89. The third-order valence-corrected chi connectivity index (χ3v) is 4.17. The van der Waals surface area contributed by atoms with Crippen LogP contribution in [-0.4, -0.2) is 28.5 Å². The van der Waals surface area contributed by atoms with Crippen LogP contribution >= 0.6 is 0 Å². The van der Waals surface area contributed by atoms with Crippen LogP contribution in [0.25, 0.3) is 5.69 Å². The Morgan fingerprint density at radius 1 is 1.11 bits per heavy atom. The van der Waals surface area contributed by atoms with Crippen molar-refractivity contribution in [3.8, 4) is 5.69 Å². The summed E-state index contributed by atoms with van der Waals surface area (Å²) in [5.74, 6) is 0. The van der Waals surface area contributed by atoms with Gasteiger partial charge in [0.05, 0.1) is 18.4 Å². The number of hydrogen-bond acceptors (Lipinski definition) is 3. The van der Waals surface area contributed by atoms with E-state index in [0.29, 0.717) is 13.2 Å². The molecule has 0 aliphatic heterocycles. The molecule has 0 aliphatic rings. The van der Waals surface area contributed by atoms with E-state index in [4.69, 9.17) is 4.74 Å². The van der Waals surface area contributed by atoms with Crippen LogP contribution in [0.5, 0.6) is 0 Å². The van der Waals surface area contributed by atoms with Crippen LogP contribution in [0.1, 0.15) is 25.0 Å². The molecule has 6 heteroatoms. The maximum absolute atomic E-state index is 12.1. The third-order valence-electron chi connectivity index (χ3n) is 4.17. The van der Waals surface area contributed by atoms with Gasteiger partial charge in [-0.3, -0.25) is 0 Å². The Morgan fingerprint density at radius 3 is 2.64 bits per heavy atom. The molecule has 3 aromatic rings. The van der Waals surface area contributed by atoms with Crippen LogP contribution in [0.3, 0.4) is 0 Å². The molecule has 3 rings (SSSR count). The molecule has 2 N–H and O–H groups in total. The van der Waals surface area contributed by atoms with Crippen molar-refractivity contribution in [2.45, 2.75) is 33.0 Å². The molecule has 0 saturated heterocycles. The smallest absolute Gasteiger partial charge is 0.319 e. The van der Waals surface area contributed by atoms with E-state index >= 15 is 0 Å². The maximum atomic E-state index is 12.1. The summed E-state index contributed by atoms with van der Waals surface area (Å²) in [5.41, 5.74) is 3.96. The fraction of sp³-hybridized carbons (Fsp3) is 0.273. The first-order valence-corrected chi connectivity index (χ1v) is 9.44. The average molecular weight is 378 g/mol. The van der Waals surface area contributed by atoms with Gasteiger partial charge in [-0.2, -0.15) is 5.10 Å². The molecule has 146 valence electrons. The van der Waals surface area contributed by atoms with Gasteiger partial charge >= 0.3 is 6.03 Å². The van der Waals surface area contributed by atoms with E-state index < -0.39 is 0 Å². The Morgan fingerprint density at radius 2 is 1.93 bits per heavy atom. The van der Waals surface area contributed by atoms with Gasteiger partial charge in [0, 0.05) is 24.6 Å². The summed E-state index contributed by atoms with van der Waals surface area (Å²) in [4.78, 5) is 12.1. The summed E-state index contributed by atoms with van der Waals surface area (Å²) in [6.45, 7) is 5.09. The van der Waals surface area contributed by atoms with Gasteiger partial charge in [0.2, 0.25) is 0 Å². The second kappa shape index (κ2) is 9.71. The summed E-state index contributed by atoms with van der Waals surface area (Å²) >= 11 is 0. The summed E-state index contributed by atoms with van der Waals surface area (Å²) < 4.78 is 7.42. The number of hydrogen-bond donors (Lipinski definition) is 2. The number of ether oxygens (including phenoxy) is 1. The number of aromatic nitrogens is 2. The summed E-state index contributed by atoms with van der Waals surface area (Å²) in [5, 5.41) is 9.97. The fourth-order valence-corrected chi connectivity index (χ4v) is 2.73. The van der Waals surface area contributed by atoms with Crippen molar-refractivity contribution in [3.63, 3.8) is 0 Å². The monoisotopic (exact) mass is 378 g/mol. The topological polar surface area (TPSA) is 68.2 Å². The highest BCUT2D eigenvalue weighted by Crippen LogP contribution is 2.12. The van der Waals surface area contributed by atoms with Crippen molar-refractivity contribution in [1.29, 1.82) is 0 Å². The van der Waals surface area contributed by atoms with Crippen molar-refractivity contribution in [2.24, 2.45) is 0 Å². The van der Waals surface area contributed by atoms with Crippen molar-refractivity contribution in [1.82, 2.24) is 15.1 Å². The Labute approximate surface area is 165 Å². The molecule has 1 heterocycles. The second-order valence-corrected chi connectivity index (χ2v) is 6.81. The molecule has 0 radical (unpaired) electrons. The average Bonchev–Trinajstić information content (AvgIpc) is 3.22. The summed E-state index contributed by atoms with van der Waals surface area (Å²) in [6, 6.07) is 17.5. The minimum Gasteiger partial charge on any atom is -0.374 e. The quantitative estimate of drug-likeness (QED) is 0.618. The molecule has 0 spiro atoms. The third kappa shape index (κ3) is 5.96. The predicted molar refractivity (Wildman–Crippen MR) is 111 cm³/mol. The first-order chi connectivity index (χ1) is 13.6. The number of anilines is 1. The van der Waals surface area contributed by atoms with Gasteiger partial charge in [-0.15, -0.1) is 0 Å². The molecular formula is C22H26N4O2. The van der Waals surface area contributed by atoms with E-state index in [1.165, 1.54) is 0 Å². The molecule has 0 bridgehead atoms. The Hall–Kier alpha value is -3.12. The number of carbonyl (C=O) groups excluding carboxylic acids is 1.